The molecule has 0 aromatic heterocycles. The van der Waals surface area contributed by atoms with E-state index >= 15 is 0 Å². The summed E-state index contributed by atoms with van der Waals surface area (Å²) < 4.78 is 0. The first-order valence-electron chi connectivity index (χ1n) is 8.95. The highest BCUT2D eigenvalue weighted by Gasteiger charge is 2.26. The Morgan fingerprint density at radius 3 is 2.74 bits per heavy atom. The predicted molar refractivity (Wildman–Crippen MR) is 97.0 cm³/mol. The number of benzene rings is 1. The highest BCUT2D eigenvalue weighted by molar-refractivity contribution is 5.80. The predicted octanol–water partition coefficient (Wildman–Crippen LogP) is 2.39. The number of aliphatic imine (C=N–C) groups is 1. The normalized spacial score (nSPS) is 26.5. The van der Waals surface area contributed by atoms with Crippen molar-refractivity contribution in [2.45, 2.75) is 25.2 Å². The van der Waals surface area contributed by atoms with Crippen molar-refractivity contribution < 1.29 is 0 Å². The van der Waals surface area contributed by atoms with E-state index in [1.165, 1.54) is 37.9 Å². The van der Waals surface area contributed by atoms with Crippen molar-refractivity contribution in [2.75, 3.05) is 46.8 Å². The molecule has 2 aliphatic heterocycles. The first kappa shape index (κ1) is 16.3. The topological polar surface area (TPSA) is 30.9 Å². The van der Waals surface area contributed by atoms with Crippen LogP contribution in [0.5, 0.6) is 0 Å². The quantitative estimate of drug-likeness (QED) is 0.686. The van der Waals surface area contributed by atoms with Gasteiger partial charge in [0.15, 0.2) is 5.96 Å². The van der Waals surface area contributed by atoms with E-state index in [2.05, 4.69) is 57.5 Å². The van der Waals surface area contributed by atoms with E-state index < -0.39 is 0 Å². The lowest BCUT2D eigenvalue weighted by Gasteiger charge is -2.31. The monoisotopic (exact) mass is 314 g/mol. The number of nitrogens with one attached hydrogen (secondary N) is 1. The van der Waals surface area contributed by atoms with Gasteiger partial charge in [0.05, 0.1) is 0 Å². The molecule has 126 valence electrons. The molecule has 2 saturated heterocycles. The molecule has 4 nitrogen and oxygen atoms in total. The Kier molecular flexibility index (Phi) is 5.55. The number of hydrogen-bond acceptors (Lipinski definition) is 2. The lowest BCUT2D eigenvalue weighted by molar-refractivity contribution is 0.209. The third-order valence-corrected chi connectivity index (χ3v) is 5.24. The van der Waals surface area contributed by atoms with Crippen molar-refractivity contribution in [3.63, 3.8) is 0 Å². The van der Waals surface area contributed by atoms with Gasteiger partial charge in [0.1, 0.15) is 0 Å². The maximum absolute atomic E-state index is 4.52. The molecule has 0 amide bonds. The fourth-order valence-electron chi connectivity index (χ4n) is 3.96. The van der Waals surface area contributed by atoms with Crippen LogP contribution in [-0.4, -0.2) is 62.6 Å². The molecular weight excluding hydrogens is 284 g/mol. The van der Waals surface area contributed by atoms with Crippen LogP contribution in [0.1, 0.15) is 30.7 Å². The first-order chi connectivity index (χ1) is 11.3. The Hall–Kier alpha value is -1.55. The van der Waals surface area contributed by atoms with Gasteiger partial charge in [-0.3, -0.25) is 4.99 Å². The van der Waals surface area contributed by atoms with Crippen molar-refractivity contribution in [3.05, 3.63) is 35.9 Å². The summed E-state index contributed by atoms with van der Waals surface area (Å²) in [5.41, 5.74) is 1.46. The molecular formula is C19H30N4. The number of piperidine rings is 1. The van der Waals surface area contributed by atoms with Crippen molar-refractivity contribution >= 4 is 5.96 Å². The number of likely N-dealkylation sites (tertiary alicyclic amines) is 2. The lowest BCUT2D eigenvalue weighted by atomic mass is 9.98. The average molecular weight is 314 g/mol. The van der Waals surface area contributed by atoms with Crippen molar-refractivity contribution in [3.8, 4) is 0 Å². The van der Waals surface area contributed by atoms with Crippen molar-refractivity contribution in [2.24, 2.45) is 10.9 Å². The number of rotatable bonds is 3. The van der Waals surface area contributed by atoms with Crippen LogP contribution in [0.4, 0.5) is 0 Å². The zero-order valence-electron chi connectivity index (χ0n) is 14.5. The molecule has 0 bridgehead atoms. The van der Waals surface area contributed by atoms with Crippen LogP contribution in [0, 0.1) is 5.92 Å². The molecule has 2 fully saturated rings. The van der Waals surface area contributed by atoms with Gasteiger partial charge < -0.3 is 15.1 Å². The molecule has 23 heavy (non-hydrogen) atoms. The van der Waals surface area contributed by atoms with Gasteiger partial charge in [-0.05, 0) is 44.3 Å². The number of hydrogen-bond donors (Lipinski definition) is 1. The smallest absolute Gasteiger partial charge is 0.193 e. The fraction of sp³-hybridized carbons (Fsp3) is 0.632. The summed E-state index contributed by atoms with van der Waals surface area (Å²) in [7, 11) is 4.14. The van der Waals surface area contributed by atoms with Gasteiger partial charge in [0.25, 0.3) is 0 Å². The largest absolute Gasteiger partial charge is 0.356 e. The van der Waals surface area contributed by atoms with E-state index in [0.717, 1.165) is 31.5 Å². The van der Waals surface area contributed by atoms with E-state index in [9.17, 15) is 0 Å². The molecule has 0 spiro atoms. The summed E-state index contributed by atoms with van der Waals surface area (Å²) in [6.45, 7) is 5.67. The summed E-state index contributed by atoms with van der Waals surface area (Å²) in [4.78, 5) is 9.38. The van der Waals surface area contributed by atoms with Crippen LogP contribution in [0.2, 0.25) is 0 Å². The summed E-state index contributed by atoms with van der Waals surface area (Å²) in [5, 5.41) is 3.62. The van der Waals surface area contributed by atoms with E-state index in [1.54, 1.807) is 0 Å². The van der Waals surface area contributed by atoms with Crippen LogP contribution >= 0.6 is 0 Å². The average Bonchev–Trinajstić information content (AvgIpc) is 3.06. The van der Waals surface area contributed by atoms with Gasteiger partial charge in [0, 0.05) is 39.1 Å². The Bertz CT molecular complexity index is 513. The van der Waals surface area contributed by atoms with Crippen LogP contribution in [0.3, 0.4) is 0 Å². The van der Waals surface area contributed by atoms with Gasteiger partial charge in [-0.1, -0.05) is 30.3 Å². The second-order valence-corrected chi connectivity index (χ2v) is 7.04. The molecule has 2 aliphatic rings. The minimum atomic E-state index is 0.635. The Labute approximate surface area is 140 Å². The van der Waals surface area contributed by atoms with E-state index in [-0.39, 0.29) is 0 Å². The maximum atomic E-state index is 4.52. The molecule has 4 heteroatoms. The summed E-state index contributed by atoms with van der Waals surface area (Å²) in [5.74, 6) is 2.46. The molecule has 1 N–H and O–H groups in total. The van der Waals surface area contributed by atoms with E-state index in [4.69, 9.17) is 0 Å². The Morgan fingerprint density at radius 2 is 2.00 bits per heavy atom. The molecule has 2 heterocycles. The molecule has 0 aliphatic carbocycles. The van der Waals surface area contributed by atoms with Gasteiger partial charge in [-0.2, -0.15) is 0 Å². The molecule has 1 aromatic carbocycles. The zero-order chi connectivity index (χ0) is 16.1. The van der Waals surface area contributed by atoms with Crippen LogP contribution in [0.15, 0.2) is 35.3 Å². The molecule has 1 aromatic rings. The van der Waals surface area contributed by atoms with Gasteiger partial charge in [-0.25, -0.2) is 0 Å². The molecule has 2 atom stereocenters. The highest BCUT2D eigenvalue weighted by atomic mass is 15.3. The third-order valence-electron chi connectivity index (χ3n) is 5.24. The van der Waals surface area contributed by atoms with Gasteiger partial charge in [0.2, 0.25) is 0 Å². The second-order valence-electron chi connectivity index (χ2n) is 7.04. The molecule has 0 saturated carbocycles. The lowest BCUT2D eigenvalue weighted by Crippen LogP contribution is -2.44. The summed E-state index contributed by atoms with van der Waals surface area (Å²) in [6.07, 6.45) is 3.87. The van der Waals surface area contributed by atoms with Crippen LogP contribution < -0.4 is 5.32 Å². The van der Waals surface area contributed by atoms with Crippen molar-refractivity contribution in [1.82, 2.24) is 15.1 Å². The zero-order valence-corrected chi connectivity index (χ0v) is 14.5. The SMILES string of the molecule is CN=C(NCC1CCCN(C)C1)N1CCC(c2ccccc2)C1. The Balaban J connectivity index is 1.51. The van der Waals surface area contributed by atoms with Gasteiger partial charge >= 0.3 is 0 Å². The first-order valence-corrected chi connectivity index (χ1v) is 8.95. The maximum Gasteiger partial charge on any atom is 0.193 e. The van der Waals surface area contributed by atoms with Crippen LogP contribution in [-0.2, 0) is 0 Å². The van der Waals surface area contributed by atoms with E-state index in [1.807, 2.05) is 7.05 Å². The second kappa shape index (κ2) is 7.82. The number of nitrogens with zero attached hydrogens (tertiary/aromatic N) is 3. The van der Waals surface area contributed by atoms with Crippen molar-refractivity contribution in [1.29, 1.82) is 0 Å². The molecule has 3 rings (SSSR count). The van der Waals surface area contributed by atoms with E-state index in [0.29, 0.717) is 5.92 Å². The molecule has 0 radical (unpaired) electrons. The Morgan fingerprint density at radius 1 is 1.17 bits per heavy atom. The molecule has 2 unspecified atom stereocenters. The fourth-order valence-corrected chi connectivity index (χ4v) is 3.96. The summed E-state index contributed by atoms with van der Waals surface area (Å²) in [6, 6.07) is 10.9. The summed E-state index contributed by atoms with van der Waals surface area (Å²) >= 11 is 0. The standard InChI is InChI=1S/C19H30N4/c1-20-19(21-13-16-7-6-11-22(2)14-16)23-12-10-18(15-23)17-8-4-3-5-9-17/h3-5,8-9,16,18H,6-7,10-15H2,1-2H3,(H,20,21). The number of guanidine groups is 1. The minimum absolute atomic E-state index is 0.635. The van der Waals surface area contributed by atoms with Gasteiger partial charge in [-0.15, -0.1) is 0 Å². The van der Waals surface area contributed by atoms with Crippen LogP contribution in [0.25, 0.3) is 0 Å². The minimum Gasteiger partial charge on any atom is -0.356 e. The third kappa shape index (κ3) is 4.25. The highest BCUT2D eigenvalue weighted by Crippen LogP contribution is 2.26.